The van der Waals surface area contributed by atoms with E-state index in [0.717, 1.165) is 70.2 Å². The summed E-state index contributed by atoms with van der Waals surface area (Å²) >= 11 is 0. The minimum Gasteiger partial charge on any atom is -0.493 e. The van der Waals surface area contributed by atoms with Crippen molar-refractivity contribution in [3.8, 4) is 11.5 Å². The summed E-state index contributed by atoms with van der Waals surface area (Å²) in [6, 6.07) is 6.27. The van der Waals surface area contributed by atoms with Crippen LogP contribution < -0.4 is 9.47 Å². The Morgan fingerprint density at radius 2 is 2.00 bits per heavy atom. The Morgan fingerprint density at radius 3 is 2.71 bits per heavy atom. The van der Waals surface area contributed by atoms with Crippen LogP contribution in [0.25, 0.3) is 0 Å². The van der Waals surface area contributed by atoms with Crippen LogP contribution in [0.15, 0.2) is 18.2 Å². The van der Waals surface area contributed by atoms with Gasteiger partial charge in [0.05, 0.1) is 26.9 Å². The van der Waals surface area contributed by atoms with E-state index in [0.29, 0.717) is 0 Å². The van der Waals surface area contributed by atoms with E-state index in [9.17, 15) is 0 Å². The molecule has 1 aliphatic rings. The van der Waals surface area contributed by atoms with E-state index in [1.807, 2.05) is 6.07 Å². The van der Waals surface area contributed by atoms with Crippen molar-refractivity contribution in [2.45, 2.75) is 26.2 Å². The fourth-order valence-corrected chi connectivity index (χ4v) is 2.53. The van der Waals surface area contributed by atoms with Gasteiger partial charge in [-0.2, -0.15) is 0 Å². The topological polar surface area (TPSA) is 30.9 Å². The van der Waals surface area contributed by atoms with Crippen LogP contribution >= 0.6 is 0 Å². The highest BCUT2D eigenvalue weighted by atomic mass is 16.5. The van der Waals surface area contributed by atoms with Crippen molar-refractivity contribution in [2.24, 2.45) is 0 Å². The molecule has 1 aliphatic heterocycles. The molecule has 118 valence electrons. The molecule has 1 aromatic rings. The molecule has 0 radical (unpaired) electrons. The van der Waals surface area contributed by atoms with Gasteiger partial charge in [0.2, 0.25) is 0 Å². The minimum absolute atomic E-state index is 0.729. The fraction of sp³-hybridized carbons (Fsp3) is 0.647. The molecule has 2 rings (SSSR count). The summed E-state index contributed by atoms with van der Waals surface area (Å²) in [5.41, 5.74) is 1.31. The van der Waals surface area contributed by atoms with Gasteiger partial charge in [-0.25, -0.2) is 0 Å². The predicted molar refractivity (Wildman–Crippen MR) is 84.4 cm³/mol. The molecule has 0 saturated carbocycles. The minimum atomic E-state index is 0.729. The number of aryl methyl sites for hydroxylation is 1. The molecule has 1 aromatic carbocycles. The van der Waals surface area contributed by atoms with Crippen molar-refractivity contribution in [1.82, 2.24) is 4.90 Å². The summed E-state index contributed by atoms with van der Waals surface area (Å²) in [7, 11) is 1.70. The van der Waals surface area contributed by atoms with E-state index in [-0.39, 0.29) is 0 Å². The molecule has 0 N–H and O–H groups in total. The zero-order chi connectivity index (χ0) is 14.9. The lowest BCUT2D eigenvalue weighted by molar-refractivity contribution is 0.0374. The Hall–Kier alpha value is -1.26. The predicted octanol–water partition coefficient (Wildman–Crippen LogP) is 2.75. The monoisotopic (exact) mass is 293 g/mol. The SMILES string of the molecule is CCCOc1ccc(CCCN2CCOCC2)cc1OC. The summed E-state index contributed by atoms with van der Waals surface area (Å²) in [4.78, 5) is 2.47. The fourth-order valence-electron chi connectivity index (χ4n) is 2.53. The van der Waals surface area contributed by atoms with Crippen molar-refractivity contribution < 1.29 is 14.2 Å². The quantitative estimate of drug-likeness (QED) is 0.737. The van der Waals surface area contributed by atoms with Gasteiger partial charge in [-0.1, -0.05) is 13.0 Å². The number of hydrogen-bond acceptors (Lipinski definition) is 4. The third-order valence-corrected chi connectivity index (χ3v) is 3.73. The second-order valence-corrected chi connectivity index (χ2v) is 5.39. The highest BCUT2D eigenvalue weighted by Crippen LogP contribution is 2.28. The molecular formula is C17H27NO3. The average molecular weight is 293 g/mol. The number of hydrogen-bond donors (Lipinski definition) is 0. The molecular weight excluding hydrogens is 266 g/mol. The lowest BCUT2D eigenvalue weighted by Crippen LogP contribution is -2.36. The number of benzene rings is 1. The van der Waals surface area contributed by atoms with E-state index in [4.69, 9.17) is 14.2 Å². The Labute approximate surface area is 128 Å². The van der Waals surface area contributed by atoms with Crippen molar-refractivity contribution in [3.05, 3.63) is 23.8 Å². The highest BCUT2D eigenvalue weighted by molar-refractivity contribution is 5.43. The van der Waals surface area contributed by atoms with Gasteiger partial charge in [0, 0.05) is 13.1 Å². The number of ether oxygens (including phenoxy) is 3. The molecule has 1 saturated heterocycles. The smallest absolute Gasteiger partial charge is 0.161 e. The van der Waals surface area contributed by atoms with E-state index in [1.54, 1.807) is 7.11 Å². The van der Waals surface area contributed by atoms with E-state index in [2.05, 4.69) is 24.0 Å². The van der Waals surface area contributed by atoms with Gasteiger partial charge in [0.25, 0.3) is 0 Å². The molecule has 0 aromatic heterocycles. The molecule has 0 unspecified atom stereocenters. The summed E-state index contributed by atoms with van der Waals surface area (Å²) in [6.45, 7) is 7.84. The Kier molecular flexibility index (Phi) is 6.83. The number of methoxy groups -OCH3 is 1. The molecule has 0 amide bonds. The van der Waals surface area contributed by atoms with Crippen molar-refractivity contribution >= 4 is 0 Å². The summed E-state index contributed by atoms with van der Waals surface area (Å²) in [6.07, 6.45) is 3.24. The normalized spacial score (nSPS) is 15.9. The Morgan fingerprint density at radius 1 is 1.19 bits per heavy atom. The van der Waals surface area contributed by atoms with Crippen molar-refractivity contribution in [1.29, 1.82) is 0 Å². The molecule has 0 bridgehead atoms. The first-order chi connectivity index (χ1) is 10.3. The Balaban J connectivity index is 1.82. The van der Waals surface area contributed by atoms with Gasteiger partial charge in [-0.15, -0.1) is 0 Å². The van der Waals surface area contributed by atoms with E-state index >= 15 is 0 Å². The molecule has 21 heavy (non-hydrogen) atoms. The first kappa shape index (κ1) is 16.1. The first-order valence-electron chi connectivity index (χ1n) is 7.93. The second kappa shape index (κ2) is 8.90. The number of morpholine rings is 1. The molecule has 4 heteroatoms. The van der Waals surface area contributed by atoms with Crippen LogP contribution in [0.3, 0.4) is 0 Å². The van der Waals surface area contributed by atoms with Crippen LogP contribution in [-0.2, 0) is 11.2 Å². The largest absolute Gasteiger partial charge is 0.493 e. The summed E-state index contributed by atoms with van der Waals surface area (Å²) < 4.78 is 16.5. The van der Waals surface area contributed by atoms with Crippen LogP contribution in [0.4, 0.5) is 0 Å². The van der Waals surface area contributed by atoms with Gasteiger partial charge in [-0.3, -0.25) is 4.90 Å². The lowest BCUT2D eigenvalue weighted by Gasteiger charge is -2.26. The molecule has 1 fully saturated rings. The molecule has 4 nitrogen and oxygen atoms in total. The number of nitrogens with zero attached hydrogens (tertiary/aromatic N) is 1. The molecule has 0 atom stereocenters. The zero-order valence-corrected chi connectivity index (χ0v) is 13.3. The van der Waals surface area contributed by atoms with Gasteiger partial charge in [-0.05, 0) is 43.5 Å². The van der Waals surface area contributed by atoms with Crippen LogP contribution in [-0.4, -0.2) is 51.5 Å². The van der Waals surface area contributed by atoms with E-state index in [1.165, 1.54) is 5.56 Å². The number of rotatable bonds is 8. The summed E-state index contributed by atoms with van der Waals surface area (Å²) in [5.74, 6) is 1.68. The standard InChI is InChI=1S/C17H27NO3/c1-3-11-21-16-7-6-15(14-17(16)19-2)5-4-8-18-9-12-20-13-10-18/h6-7,14H,3-5,8-13H2,1-2H3. The first-order valence-corrected chi connectivity index (χ1v) is 7.93. The molecule has 0 spiro atoms. The van der Waals surface area contributed by atoms with Crippen LogP contribution in [0.1, 0.15) is 25.3 Å². The maximum Gasteiger partial charge on any atom is 0.161 e. The maximum atomic E-state index is 5.68. The van der Waals surface area contributed by atoms with Gasteiger partial charge in [0.1, 0.15) is 0 Å². The Bertz CT molecular complexity index is 416. The average Bonchev–Trinajstić information content (AvgIpc) is 2.54. The highest BCUT2D eigenvalue weighted by Gasteiger charge is 2.10. The lowest BCUT2D eigenvalue weighted by atomic mass is 10.1. The molecule has 1 heterocycles. The van der Waals surface area contributed by atoms with Gasteiger partial charge >= 0.3 is 0 Å². The van der Waals surface area contributed by atoms with E-state index < -0.39 is 0 Å². The summed E-state index contributed by atoms with van der Waals surface area (Å²) in [5, 5.41) is 0. The second-order valence-electron chi connectivity index (χ2n) is 5.39. The third-order valence-electron chi connectivity index (χ3n) is 3.73. The zero-order valence-electron chi connectivity index (χ0n) is 13.3. The third kappa shape index (κ3) is 5.21. The van der Waals surface area contributed by atoms with Gasteiger partial charge < -0.3 is 14.2 Å². The van der Waals surface area contributed by atoms with Crippen molar-refractivity contribution in [2.75, 3.05) is 46.6 Å². The van der Waals surface area contributed by atoms with Crippen LogP contribution in [0, 0.1) is 0 Å². The van der Waals surface area contributed by atoms with Crippen molar-refractivity contribution in [3.63, 3.8) is 0 Å². The molecule has 0 aliphatic carbocycles. The maximum absolute atomic E-state index is 5.68. The van der Waals surface area contributed by atoms with Crippen LogP contribution in [0.5, 0.6) is 11.5 Å². The van der Waals surface area contributed by atoms with Crippen LogP contribution in [0.2, 0.25) is 0 Å². The van der Waals surface area contributed by atoms with Gasteiger partial charge in [0.15, 0.2) is 11.5 Å².